The van der Waals surface area contributed by atoms with Crippen molar-refractivity contribution in [1.29, 1.82) is 0 Å². The SMILES string of the molecule is Nc1ccc(C(=O)Nc2ccc(Br)cc2Br)c(N)c1. The van der Waals surface area contributed by atoms with Crippen LogP contribution in [0.3, 0.4) is 0 Å². The summed E-state index contributed by atoms with van der Waals surface area (Å²) in [6, 6.07) is 10.3. The Hall–Kier alpha value is -1.53. The molecule has 0 aliphatic heterocycles. The molecule has 19 heavy (non-hydrogen) atoms. The first-order chi connectivity index (χ1) is 8.97. The zero-order chi connectivity index (χ0) is 14.0. The lowest BCUT2D eigenvalue weighted by Gasteiger charge is -2.10. The molecule has 0 aliphatic carbocycles. The van der Waals surface area contributed by atoms with Gasteiger partial charge in [0.2, 0.25) is 0 Å². The quantitative estimate of drug-likeness (QED) is 0.691. The summed E-state index contributed by atoms with van der Waals surface area (Å²) in [7, 11) is 0. The van der Waals surface area contributed by atoms with E-state index in [-0.39, 0.29) is 5.91 Å². The molecule has 0 heterocycles. The van der Waals surface area contributed by atoms with Crippen LogP contribution in [0, 0.1) is 0 Å². The third-order valence-electron chi connectivity index (χ3n) is 2.50. The van der Waals surface area contributed by atoms with Crippen molar-refractivity contribution in [3.63, 3.8) is 0 Å². The highest BCUT2D eigenvalue weighted by atomic mass is 79.9. The van der Waals surface area contributed by atoms with Gasteiger partial charge in [0.25, 0.3) is 5.91 Å². The molecule has 0 radical (unpaired) electrons. The molecule has 98 valence electrons. The molecule has 1 amide bonds. The summed E-state index contributed by atoms with van der Waals surface area (Å²) in [5, 5.41) is 2.79. The molecule has 2 rings (SSSR count). The summed E-state index contributed by atoms with van der Waals surface area (Å²) in [4.78, 5) is 12.1. The van der Waals surface area contributed by atoms with Crippen molar-refractivity contribution in [2.75, 3.05) is 16.8 Å². The highest BCUT2D eigenvalue weighted by Crippen LogP contribution is 2.27. The van der Waals surface area contributed by atoms with E-state index in [0.717, 1.165) is 8.95 Å². The number of rotatable bonds is 2. The van der Waals surface area contributed by atoms with Gasteiger partial charge in [0, 0.05) is 20.3 Å². The van der Waals surface area contributed by atoms with Crippen molar-refractivity contribution < 1.29 is 4.79 Å². The Balaban J connectivity index is 2.25. The number of nitrogens with two attached hydrogens (primary N) is 2. The lowest BCUT2D eigenvalue weighted by Crippen LogP contribution is -2.14. The predicted molar refractivity (Wildman–Crippen MR) is 85.1 cm³/mol. The number of anilines is 3. The summed E-state index contributed by atoms with van der Waals surface area (Å²) in [5.41, 5.74) is 13.3. The number of halogens is 2. The van der Waals surface area contributed by atoms with Gasteiger partial charge in [-0.3, -0.25) is 4.79 Å². The van der Waals surface area contributed by atoms with Gasteiger partial charge in [-0.25, -0.2) is 0 Å². The number of amides is 1. The predicted octanol–water partition coefficient (Wildman–Crippen LogP) is 3.63. The van der Waals surface area contributed by atoms with E-state index in [1.54, 1.807) is 24.3 Å². The van der Waals surface area contributed by atoms with Crippen LogP contribution in [0.1, 0.15) is 10.4 Å². The molecule has 0 aromatic heterocycles. The minimum Gasteiger partial charge on any atom is -0.399 e. The fourth-order valence-corrected chi connectivity index (χ4v) is 2.71. The van der Waals surface area contributed by atoms with Gasteiger partial charge in [-0.05, 0) is 52.3 Å². The van der Waals surface area contributed by atoms with E-state index in [4.69, 9.17) is 11.5 Å². The zero-order valence-electron chi connectivity index (χ0n) is 9.78. The number of nitrogens with one attached hydrogen (secondary N) is 1. The van der Waals surface area contributed by atoms with E-state index in [0.29, 0.717) is 22.6 Å². The number of hydrogen-bond acceptors (Lipinski definition) is 3. The van der Waals surface area contributed by atoms with Crippen LogP contribution in [0.4, 0.5) is 17.1 Å². The molecule has 0 spiro atoms. The van der Waals surface area contributed by atoms with Gasteiger partial charge in [-0.1, -0.05) is 15.9 Å². The third kappa shape index (κ3) is 3.27. The zero-order valence-corrected chi connectivity index (χ0v) is 13.0. The molecule has 4 nitrogen and oxygen atoms in total. The van der Waals surface area contributed by atoms with Gasteiger partial charge in [-0.2, -0.15) is 0 Å². The van der Waals surface area contributed by atoms with Gasteiger partial charge in [-0.15, -0.1) is 0 Å². The summed E-state index contributed by atoms with van der Waals surface area (Å²) < 4.78 is 1.70. The lowest BCUT2D eigenvalue weighted by atomic mass is 10.1. The maximum Gasteiger partial charge on any atom is 0.257 e. The van der Waals surface area contributed by atoms with E-state index < -0.39 is 0 Å². The standard InChI is InChI=1S/C13H11Br2N3O/c14-7-1-4-12(10(15)5-7)18-13(19)9-3-2-8(16)6-11(9)17/h1-6H,16-17H2,(H,18,19). The van der Waals surface area contributed by atoms with Crippen molar-refractivity contribution in [2.45, 2.75) is 0 Å². The van der Waals surface area contributed by atoms with Crippen LogP contribution in [-0.2, 0) is 0 Å². The minimum absolute atomic E-state index is 0.277. The highest BCUT2D eigenvalue weighted by molar-refractivity contribution is 9.11. The maximum absolute atomic E-state index is 12.1. The Morgan fingerprint density at radius 3 is 2.42 bits per heavy atom. The maximum atomic E-state index is 12.1. The van der Waals surface area contributed by atoms with Gasteiger partial charge in [0.15, 0.2) is 0 Å². The van der Waals surface area contributed by atoms with Crippen LogP contribution in [0.2, 0.25) is 0 Å². The van der Waals surface area contributed by atoms with E-state index in [1.807, 2.05) is 12.1 Å². The second-order valence-corrected chi connectivity index (χ2v) is 5.69. The van der Waals surface area contributed by atoms with Crippen molar-refractivity contribution in [1.82, 2.24) is 0 Å². The van der Waals surface area contributed by atoms with Crippen LogP contribution in [0.15, 0.2) is 45.3 Å². The smallest absolute Gasteiger partial charge is 0.257 e. The van der Waals surface area contributed by atoms with Gasteiger partial charge in [0.1, 0.15) is 0 Å². The Kier molecular flexibility index (Phi) is 4.11. The average Bonchev–Trinajstić information content (AvgIpc) is 2.32. The Morgan fingerprint density at radius 1 is 1.05 bits per heavy atom. The van der Waals surface area contributed by atoms with Crippen LogP contribution < -0.4 is 16.8 Å². The molecule has 0 unspecified atom stereocenters. The minimum atomic E-state index is -0.277. The summed E-state index contributed by atoms with van der Waals surface area (Å²) in [6.45, 7) is 0. The van der Waals surface area contributed by atoms with E-state index >= 15 is 0 Å². The number of benzene rings is 2. The normalized spacial score (nSPS) is 10.2. The summed E-state index contributed by atoms with van der Waals surface area (Å²) >= 11 is 6.73. The molecule has 5 N–H and O–H groups in total. The molecule has 6 heteroatoms. The molecule has 0 aliphatic rings. The summed E-state index contributed by atoms with van der Waals surface area (Å²) in [5.74, 6) is -0.277. The fraction of sp³-hybridized carbons (Fsp3) is 0. The molecular formula is C13H11Br2N3O. The Bertz CT molecular complexity index is 644. The Morgan fingerprint density at radius 2 is 1.79 bits per heavy atom. The van der Waals surface area contributed by atoms with E-state index in [9.17, 15) is 4.79 Å². The van der Waals surface area contributed by atoms with Gasteiger partial charge >= 0.3 is 0 Å². The van der Waals surface area contributed by atoms with Crippen molar-refractivity contribution in [3.8, 4) is 0 Å². The fourth-order valence-electron chi connectivity index (χ4n) is 1.57. The van der Waals surface area contributed by atoms with E-state index in [1.165, 1.54) is 0 Å². The van der Waals surface area contributed by atoms with Gasteiger partial charge < -0.3 is 16.8 Å². The molecule has 0 atom stereocenters. The molecule has 0 bridgehead atoms. The van der Waals surface area contributed by atoms with Crippen molar-refractivity contribution >= 4 is 54.8 Å². The monoisotopic (exact) mass is 383 g/mol. The number of carbonyl (C=O) groups is 1. The molecule has 2 aromatic rings. The number of nitrogen functional groups attached to an aromatic ring is 2. The second-order valence-electron chi connectivity index (χ2n) is 3.92. The number of carbonyl (C=O) groups excluding carboxylic acids is 1. The first kappa shape index (κ1) is 13.9. The number of hydrogen-bond donors (Lipinski definition) is 3. The average molecular weight is 385 g/mol. The first-order valence-electron chi connectivity index (χ1n) is 5.39. The lowest BCUT2D eigenvalue weighted by molar-refractivity contribution is 0.102. The molecular weight excluding hydrogens is 374 g/mol. The van der Waals surface area contributed by atoms with Crippen molar-refractivity contribution in [2.24, 2.45) is 0 Å². The van der Waals surface area contributed by atoms with Crippen molar-refractivity contribution in [3.05, 3.63) is 50.9 Å². The first-order valence-corrected chi connectivity index (χ1v) is 6.97. The Labute approximate surface area is 127 Å². The van der Waals surface area contributed by atoms with Gasteiger partial charge in [0.05, 0.1) is 11.3 Å². The van der Waals surface area contributed by atoms with Crippen LogP contribution in [0.5, 0.6) is 0 Å². The largest absolute Gasteiger partial charge is 0.399 e. The topological polar surface area (TPSA) is 81.1 Å². The van der Waals surface area contributed by atoms with Crippen LogP contribution in [-0.4, -0.2) is 5.91 Å². The molecule has 0 saturated carbocycles. The molecule has 0 fully saturated rings. The van der Waals surface area contributed by atoms with Crippen LogP contribution >= 0.6 is 31.9 Å². The van der Waals surface area contributed by atoms with E-state index in [2.05, 4.69) is 37.2 Å². The molecule has 2 aromatic carbocycles. The summed E-state index contributed by atoms with van der Waals surface area (Å²) in [6.07, 6.45) is 0. The highest BCUT2D eigenvalue weighted by Gasteiger charge is 2.11. The third-order valence-corrected chi connectivity index (χ3v) is 3.65. The molecule has 0 saturated heterocycles. The van der Waals surface area contributed by atoms with Crippen LogP contribution in [0.25, 0.3) is 0 Å². The second kappa shape index (κ2) is 5.63.